The Labute approximate surface area is 174 Å². The van der Waals surface area contributed by atoms with Gasteiger partial charge >= 0.3 is 0 Å². The molecule has 2 aliphatic carbocycles. The van der Waals surface area contributed by atoms with Crippen molar-refractivity contribution in [2.24, 2.45) is 11.8 Å². The minimum absolute atomic E-state index is 0.0279. The molecule has 5 nitrogen and oxygen atoms in total. The van der Waals surface area contributed by atoms with Gasteiger partial charge < -0.3 is 20.8 Å². The van der Waals surface area contributed by atoms with E-state index >= 15 is 0 Å². The maximum Gasteiger partial charge on any atom is 0.220 e. The quantitative estimate of drug-likeness (QED) is 0.588. The molecule has 2 fully saturated rings. The summed E-state index contributed by atoms with van der Waals surface area (Å²) in [5.41, 5.74) is 5.86. The molecule has 0 bridgehead atoms. The predicted octanol–water partition coefficient (Wildman–Crippen LogP) is 1.89. The van der Waals surface area contributed by atoms with Crippen LogP contribution in [0, 0.1) is 11.8 Å². The second-order valence-electron chi connectivity index (χ2n) is 9.28. The molecule has 0 spiro atoms. The Morgan fingerprint density at radius 3 is 2.38 bits per heavy atom. The lowest BCUT2D eigenvalue weighted by Crippen LogP contribution is -2.58. The third-order valence-electron chi connectivity index (χ3n) is 7.58. The molecule has 4 N–H and O–H groups in total. The lowest BCUT2D eigenvalue weighted by Gasteiger charge is -2.45. The maximum absolute atomic E-state index is 11.7. The number of aliphatic hydroxyl groups excluding tert-OH is 2. The number of rotatable bonds is 6. The van der Waals surface area contributed by atoms with Gasteiger partial charge in [-0.05, 0) is 79.0 Å². The van der Waals surface area contributed by atoms with Crippen LogP contribution >= 0.6 is 0 Å². The van der Waals surface area contributed by atoms with E-state index in [9.17, 15) is 15.0 Å². The van der Waals surface area contributed by atoms with Crippen LogP contribution in [0.1, 0.15) is 61.8 Å². The summed E-state index contributed by atoms with van der Waals surface area (Å²) < 4.78 is 0. The summed E-state index contributed by atoms with van der Waals surface area (Å²) in [6.07, 6.45) is 6.06. The van der Waals surface area contributed by atoms with Gasteiger partial charge in [-0.1, -0.05) is 26.0 Å². The van der Waals surface area contributed by atoms with Crippen LogP contribution in [0.25, 0.3) is 0 Å². The van der Waals surface area contributed by atoms with Gasteiger partial charge in [-0.3, -0.25) is 4.79 Å². The Morgan fingerprint density at radius 1 is 1.10 bits per heavy atom. The van der Waals surface area contributed by atoms with Crippen molar-refractivity contribution < 1.29 is 15.0 Å². The first-order valence-corrected chi connectivity index (χ1v) is 11.5. The van der Waals surface area contributed by atoms with E-state index in [1.807, 2.05) is 0 Å². The zero-order valence-corrected chi connectivity index (χ0v) is 17.8. The second-order valence-corrected chi connectivity index (χ2v) is 9.28. The number of hydrogen-bond acceptors (Lipinski definition) is 4. The van der Waals surface area contributed by atoms with Gasteiger partial charge in [-0.25, -0.2) is 0 Å². The number of aliphatic hydroxyl groups is 2. The molecule has 0 aromatic heterocycles. The van der Waals surface area contributed by atoms with Gasteiger partial charge in [0.05, 0.1) is 18.2 Å². The largest absolute Gasteiger partial charge is 0.392 e. The summed E-state index contributed by atoms with van der Waals surface area (Å²) in [7, 11) is 0. The highest BCUT2D eigenvalue weighted by Gasteiger charge is 2.44. The van der Waals surface area contributed by atoms with Gasteiger partial charge in [0.2, 0.25) is 5.91 Å². The first-order chi connectivity index (χ1) is 14.0. The van der Waals surface area contributed by atoms with Crippen LogP contribution in [0.2, 0.25) is 0 Å². The summed E-state index contributed by atoms with van der Waals surface area (Å²) in [6.45, 7) is 5.03. The highest BCUT2D eigenvalue weighted by molar-refractivity contribution is 5.77. The molecular formula is C24H36N2O3. The molecule has 4 rings (SSSR count). The van der Waals surface area contributed by atoms with Gasteiger partial charge in [0.15, 0.2) is 0 Å². The normalized spacial score (nSPS) is 30.6. The topological polar surface area (TPSA) is 81.6 Å². The summed E-state index contributed by atoms with van der Waals surface area (Å²) >= 11 is 0. The van der Waals surface area contributed by atoms with E-state index in [2.05, 4.69) is 36.6 Å². The smallest absolute Gasteiger partial charge is 0.220 e. The number of aryl methyl sites for hydroxylation is 2. The van der Waals surface area contributed by atoms with E-state index in [1.165, 1.54) is 22.3 Å². The van der Waals surface area contributed by atoms with Crippen molar-refractivity contribution in [1.82, 2.24) is 10.6 Å². The number of carbonyl (C=O) groups is 1. The maximum atomic E-state index is 11.7. The minimum atomic E-state index is -0.481. The number of benzene rings is 1. The van der Waals surface area contributed by atoms with Crippen LogP contribution < -0.4 is 10.6 Å². The Morgan fingerprint density at radius 2 is 1.76 bits per heavy atom. The zero-order valence-electron chi connectivity index (χ0n) is 17.8. The third kappa shape index (κ3) is 4.23. The summed E-state index contributed by atoms with van der Waals surface area (Å²) in [6, 6.07) is 4.97. The predicted molar refractivity (Wildman–Crippen MR) is 114 cm³/mol. The lowest BCUT2D eigenvalue weighted by molar-refractivity contribution is -0.130. The number of hydrogen-bond donors (Lipinski definition) is 4. The third-order valence-corrected chi connectivity index (χ3v) is 7.58. The molecule has 4 unspecified atom stereocenters. The molecule has 160 valence electrons. The van der Waals surface area contributed by atoms with Crippen LogP contribution in [0.4, 0.5) is 0 Å². The zero-order chi connectivity index (χ0) is 20.5. The highest BCUT2D eigenvalue weighted by Crippen LogP contribution is 2.38. The molecule has 29 heavy (non-hydrogen) atoms. The molecule has 3 aliphatic rings. The van der Waals surface area contributed by atoms with Gasteiger partial charge in [0.1, 0.15) is 0 Å². The first kappa shape index (κ1) is 20.8. The SMILES string of the molecule is CCc1cc2c(cc1CC)CC(NC[C@H](O)C1CCC(O)C3NC(=O)CCC31)C2. The number of piperidine rings is 1. The van der Waals surface area contributed by atoms with Crippen molar-refractivity contribution in [2.75, 3.05) is 6.54 Å². The molecule has 1 aliphatic heterocycles. The van der Waals surface area contributed by atoms with Crippen LogP contribution in [0.15, 0.2) is 12.1 Å². The molecular weight excluding hydrogens is 364 g/mol. The standard InChI is InChI=1S/C24H36N2O3/c1-3-14-9-16-11-18(12-17(16)10-15(14)4-2)25-13-22(28)19-5-7-21(27)24-20(19)6-8-23(29)26-24/h9-10,18-22,24-25,27-28H,3-8,11-13H2,1-2H3,(H,26,29)/t19?,20?,21?,22-,24?/m0/s1. The average molecular weight is 401 g/mol. The molecule has 5 atom stereocenters. The number of carbonyl (C=O) groups excluding carboxylic acids is 1. The molecule has 1 heterocycles. The fraction of sp³-hybridized carbons (Fsp3) is 0.708. The molecule has 1 aromatic rings. The van der Waals surface area contributed by atoms with Crippen LogP contribution in [-0.2, 0) is 30.5 Å². The monoisotopic (exact) mass is 400 g/mol. The fourth-order valence-electron chi connectivity index (χ4n) is 5.95. The van der Waals surface area contributed by atoms with E-state index in [1.54, 1.807) is 0 Å². The molecule has 5 heteroatoms. The summed E-state index contributed by atoms with van der Waals surface area (Å²) in [5, 5.41) is 27.8. The lowest BCUT2D eigenvalue weighted by atomic mass is 9.68. The van der Waals surface area contributed by atoms with Crippen LogP contribution in [-0.4, -0.2) is 47.0 Å². The van der Waals surface area contributed by atoms with E-state index < -0.39 is 12.2 Å². The van der Waals surface area contributed by atoms with Crippen molar-refractivity contribution in [2.45, 2.75) is 89.5 Å². The molecule has 0 radical (unpaired) electrons. The Hall–Kier alpha value is -1.43. The molecule has 1 aromatic carbocycles. The fourth-order valence-corrected chi connectivity index (χ4v) is 5.95. The van der Waals surface area contributed by atoms with Crippen LogP contribution in [0.5, 0.6) is 0 Å². The van der Waals surface area contributed by atoms with E-state index in [-0.39, 0.29) is 23.8 Å². The molecule has 1 amide bonds. The van der Waals surface area contributed by atoms with Gasteiger partial charge in [-0.15, -0.1) is 0 Å². The van der Waals surface area contributed by atoms with Crippen molar-refractivity contribution >= 4 is 5.91 Å². The van der Waals surface area contributed by atoms with Gasteiger partial charge in [0, 0.05) is 19.0 Å². The summed E-state index contributed by atoms with van der Waals surface area (Å²) in [4.78, 5) is 11.7. The van der Waals surface area contributed by atoms with Crippen molar-refractivity contribution in [1.29, 1.82) is 0 Å². The van der Waals surface area contributed by atoms with E-state index in [0.717, 1.165) is 38.5 Å². The molecule has 1 saturated carbocycles. The molecule has 1 saturated heterocycles. The Bertz CT molecular complexity index is 717. The Balaban J connectivity index is 1.35. The number of fused-ring (bicyclic) bond motifs is 2. The number of nitrogens with one attached hydrogen (secondary N) is 2. The number of amides is 1. The first-order valence-electron chi connectivity index (χ1n) is 11.5. The van der Waals surface area contributed by atoms with E-state index in [0.29, 0.717) is 25.4 Å². The van der Waals surface area contributed by atoms with Crippen molar-refractivity contribution in [3.05, 3.63) is 34.4 Å². The van der Waals surface area contributed by atoms with Gasteiger partial charge in [-0.2, -0.15) is 0 Å². The Kier molecular flexibility index (Phi) is 6.28. The average Bonchev–Trinajstić information content (AvgIpc) is 3.13. The van der Waals surface area contributed by atoms with Crippen LogP contribution in [0.3, 0.4) is 0 Å². The minimum Gasteiger partial charge on any atom is -0.392 e. The highest BCUT2D eigenvalue weighted by atomic mass is 16.3. The van der Waals surface area contributed by atoms with Gasteiger partial charge in [0.25, 0.3) is 0 Å². The van der Waals surface area contributed by atoms with Crippen molar-refractivity contribution in [3.8, 4) is 0 Å². The van der Waals surface area contributed by atoms with E-state index in [4.69, 9.17) is 0 Å². The van der Waals surface area contributed by atoms with Crippen molar-refractivity contribution in [3.63, 3.8) is 0 Å². The second kappa shape index (κ2) is 8.75. The summed E-state index contributed by atoms with van der Waals surface area (Å²) in [5.74, 6) is 0.340.